The molecule has 0 saturated carbocycles. The van der Waals surface area contributed by atoms with Gasteiger partial charge in [0.05, 0.1) is 0 Å². The Balaban J connectivity index is 4.47. The molecule has 0 aliphatic heterocycles. The fourth-order valence-electron chi connectivity index (χ4n) is 2.20. The maximum absolute atomic E-state index is 12.3. The topological polar surface area (TPSA) is 78.6 Å². The summed E-state index contributed by atoms with van der Waals surface area (Å²) in [6.07, 6.45) is 6.23. The van der Waals surface area contributed by atoms with E-state index in [2.05, 4.69) is 6.92 Å². The lowest BCUT2D eigenvalue weighted by molar-refractivity contribution is -0.117. The van der Waals surface area contributed by atoms with Crippen molar-refractivity contribution >= 4 is 13.4 Å². The SMILES string of the molecule is CCCCCCCC(N)C(C(C)=O)P(=O)(OC)OC. The van der Waals surface area contributed by atoms with Crippen LogP contribution in [0.3, 0.4) is 0 Å². The monoisotopic (exact) mass is 293 g/mol. The molecular weight excluding hydrogens is 265 g/mol. The van der Waals surface area contributed by atoms with Crippen LogP contribution >= 0.6 is 7.60 Å². The number of hydrogen-bond acceptors (Lipinski definition) is 5. The molecule has 0 saturated heterocycles. The average Bonchev–Trinajstić information content (AvgIpc) is 2.38. The second kappa shape index (κ2) is 9.65. The fraction of sp³-hybridized carbons (Fsp3) is 0.923. The van der Waals surface area contributed by atoms with Crippen molar-refractivity contribution in [2.45, 2.75) is 64.1 Å². The summed E-state index contributed by atoms with van der Waals surface area (Å²) in [6, 6.07) is -0.482. The van der Waals surface area contributed by atoms with E-state index in [0.29, 0.717) is 6.42 Å². The summed E-state index contributed by atoms with van der Waals surface area (Å²) in [4.78, 5) is 11.7. The van der Waals surface area contributed by atoms with E-state index in [1.165, 1.54) is 40.4 Å². The van der Waals surface area contributed by atoms with Gasteiger partial charge in [-0.15, -0.1) is 0 Å². The van der Waals surface area contributed by atoms with Gasteiger partial charge in [-0.1, -0.05) is 39.0 Å². The highest BCUT2D eigenvalue weighted by molar-refractivity contribution is 7.55. The Bertz CT molecular complexity index is 301. The molecule has 0 bridgehead atoms. The molecule has 2 N–H and O–H groups in total. The van der Waals surface area contributed by atoms with Crippen LogP contribution in [-0.2, 0) is 18.4 Å². The van der Waals surface area contributed by atoms with Gasteiger partial charge in [-0.25, -0.2) is 0 Å². The molecule has 0 aromatic carbocycles. The second-order valence-electron chi connectivity index (χ2n) is 4.83. The first-order valence-electron chi connectivity index (χ1n) is 6.90. The Hall–Kier alpha value is -0.220. The highest BCUT2D eigenvalue weighted by atomic mass is 31.2. The van der Waals surface area contributed by atoms with Crippen molar-refractivity contribution in [3.05, 3.63) is 0 Å². The fourth-order valence-corrected chi connectivity index (χ4v) is 3.87. The van der Waals surface area contributed by atoms with Crippen LogP contribution in [0.2, 0.25) is 0 Å². The maximum Gasteiger partial charge on any atom is 0.342 e. The molecule has 0 heterocycles. The predicted molar refractivity (Wildman–Crippen MR) is 77.4 cm³/mol. The molecule has 0 spiro atoms. The van der Waals surface area contributed by atoms with Crippen LogP contribution in [0, 0.1) is 0 Å². The minimum absolute atomic E-state index is 0.243. The van der Waals surface area contributed by atoms with Crippen LogP contribution in [0.15, 0.2) is 0 Å². The lowest BCUT2D eigenvalue weighted by atomic mass is 10.0. The number of hydrogen-bond donors (Lipinski definition) is 1. The van der Waals surface area contributed by atoms with E-state index >= 15 is 0 Å². The van der Waals surface area contributed by atoms with E-state index in [-0.39, 0.29) is 5.78 Å². The van der Waals surface area contributed by atoms with Gasteiger partial charge in [-0.2, -0.15) is 0 Å². The van der Waals surface area contributed by atoms with Crippen molar-refractivity contribution < 1.29 is 18.4 Å². The Labute approximate surface area is 116 Å². The lowest BCUT2D eigenvalue weighted by Crippen LogP contribution is -2.40. The molecule has 0 fully saturated rings. The van der Waals surface area contributed by atoms with Crippen molar-refractivity contribution in [3.63, 3.8) is 0 Å². The van der Waals surface area contributed by atoms with Gasteiger partial charge in [0, 0.05) is 20.3 Å². The molecule has 0 aliphatic carbocycles. The van der Waals surface area contributed by atoms with Crippen molar-refractivity contribution in [2.24, 2.45) is 5.73 Å². The summed E-state index contributed by atoms with van der Waals surface area (Å²) in [7, 11) is -0.868. The summed E-state index contributed by atoms with van der Waals surface area (Å²) in [5, 5.41) is 0. The van der Waals surface area contributed by atoms with Crippen molar-refractivity contribution in [3.8, 4) is 0 Å². The van der Waals surface area contributed by atoms with E-state index < -0.39 is 19.3 Å². The summed E-state index contributed by atoms with van der Waals surface area (Å²) in [5.41, 5.74) is 5.15. The Morgan fingerprint density at radius 3 is 2.11 bits per heavy atom. The second-order valence-corrected chi connectivity index (χ2v) is 7.19. The summed E-state index contributed by atoms with van der Waals surface area (Å²) < 4.78 is 22.1. The molecule has 5 nitrogen and oxygen atoms in total. The van der Waals surface area contributed by atoms with Gasteiger partial charge in [0.1, 0.15) is 11.4 Å². The average molecular weight is 293 g/mol. The van der Waals surface area contributed by atoms with Gasteiger partial charge in [-0.05, 0) is 13.3 Å². The first kappa shape index (κ1) is 18.8. The van der Waals surface area contributed by atoms with Crippen LogP contribution in [0.5, 0.6) is 0 Å². The zero-order valence-electron chi connectivity index (χ0n) is 12.6. The Morgan fingerprint density at radius 1 is 1.16 bits per heavy atom. The third kappa shape index (κ3) is 6.17. The molecule has 0 aliphatic rings. The first-order chi connectivity index (χ1) is 8.92. The van der Waals surface area contributed by atoms with Crippen molar-refractivity contribution in [1.29, 1.82) is 0 Å². The molecule has 114 valence electrons. The predicted octanol–water partition coefficient (Wildman–Crippen LogP) is 3.12. The molecule has 2 atom stereocenters. The quantitative estimate of drug-likeness (QED) is 0.468. The van der Waals surface area contributed by atoms with Gasteiger partial charge in [0.15, 0.2) is 0 Å². The van der Waals surface area contributed by atoms with E-state index in [4.69, 9.17) is 14.8 Å². The zero-order chi connectivity index (χ0) is 14.9. The normalized spacial score (nSPS) is 15.2. The largest absolute Gasteiger partial charge is 0.342 e. The van der Waals surface area contributed by atoms with E-state index in [1.54, 1.807) is 0 Å². The zero-order valence-corrected chi connectivity index (χ0v) is 13.4. The van der Waals surface area contributed by atoms with Crippen LogP contribution in [-0.4, -0.2) is 31.7 Å². The van der Waals surface area contributed by atoms with Gasteiger partial charge < -0.3 is 14.8 Å². The number of unbranched alkanes of at least 4 members (excludes halogenated alkanes) is 4. The number of rotatable bonds is 11. The van der Waals surface area contributed by atoms with E-state index in [0.717, 1.165) is 12.8 Å². The number of carbonyl (C=O) groups is 1. The number of Topliss-reactive ketones (excluding diaryl/α,β-unsaturated/α-hetero) is 1. The first-order valence-corrected chi connectivity index (χ1v) is 8.51. The summed E-state index contributed by atoms with van der Waals surface area (Å²) in [5.74, 6) is -0.243. The van der Waals surface area contributed by atoms with Crippen molar-refractivity contribution in [1.82, 2.24) is 0 Å². The van der Waals surface area contributed by atoms with Crippen LogP contribution in [0.4, 0.5) is 0 Å². The maximum atomic E-state index is 12.3. The lowest BCUT2D eigenvalue weighted by Gasteiger charge is -2.27. The highest BCUT2D eigenvalue weighted by Gasteiger charge is 2.41. The molecular formula is C13H28NO4P. The molecule has 0 rings (SSSR count). The summed E-state index contributed by atoms with van der Waals surface area (Å²) >= 11 is 0. The van der Waals surface area contributed by atoms with Crippen LogP contribution in [0.1, 0.15) is 52.4 Å². The van der Waals surface area contributed by atoms with Gasteiger partial charge in [-0.3, -0.25) is 9.36 Å². The molecule has 0 aromatic heterocycles. The third-order valence-electron chi connectivity index (χ3n) is 3.31. The number of ketones is 1. The van der Waals surface area contributed by atoms with Gasteiger partial charge in [0.2, 0.25) is 0 Å². The van der Waals surface area contributed by atoms with Crippen molar-refractivity contribution in [2.75, 3.05) is 14.2 Å². The molecule has 0 amide bonds. The van der Waals surface area contributed by atoms with Crippen LogP contribution < -0.4 is 5.73 Å². The highest BCUT2D eigenvalue weighted by Crippen LogP contribution is 2.53. The molecule has 0 radical (unpaired) electrons. The van der Waals surface area contributed by atoms with E-state index in [9.17, 15) is 9.36 Å². The van der Waals surface area contributed by atoms with Gasteiger partial charge in [0.25, 0.3) is 0 Å². The molecule has 0 aromatic rings. The minimum atomic E-state index is -3.44. The van der Waals surface area contributed by atoms with Crippen LogP contribution in [0.25, 0.3) is 0 Å². The number of carbonyl (C=O) groups excluding carboxylic acids is 1. The third-order valence-corrected chi connectivity index (χ3v) is 5.76. The smallest absolute Gasteiger partial charge is 0.326 e. The molecule has 6 heteroatoms. The van der Waals surface area contributed by atoms with E-state index in [1.807, 2.05) is 0 Å². The number of nitrogens with two attached hydrogens (primary N) is 1. The molecule has 19 heavy (non-hydrogen) atoms. The Kier molecular flexibility index (Phi) is 9.54. The summed E-state index contributed by atoms with van der Waals surface area (Å²) in [6.45, 7) is 3.54. The standard InChI is InChI=1S/C13H28NO4P/c1-5-6-7-8-9-10-12(14)13(11(2)15)19(16,17-3)18-4/h12-13H,5-10,14H2,1-4H3. The molecule has 2 unspecified atom stereocenters. The van der Waals surface area contributed by atoms with Gasteiger partial charge >= 0.3 is 7.60 Å². The minimum Gasteiger partial charge on any atom is -0.326 e. The Morgan fingerprint density at radius 2 is 1.68 bits per heavy atom.